The molecule has 0 bridgehead atoms. The Morgan fingerprint density at radius 2 is 1.96 bits per heavy atom. The van der Waals surface area contributed by atoms with Crippen molar-refractivity contribution in [2.24, 2.45) is 5.73 Å². The molecule has 3 rings (SSSR count). The summed E-state index contributed by atoms with van der Waals surface area (Å²) in [6, 6.07) is 6.56. The van der Waals surface area contributed by atoms with Crippen LogP contribution in [0.5, 0.6) is 0 Å². The molecule has 1 amide bonds. The topological polar surface area (TPSA) is 80.9 Å². The lowest BCUT2D eigenvalue weighted by molar-refractivity contribution is -0.122. The maximum absolute atomic E-state index is 13.7. The van der Waals surface area contributed by atoms with Gasteiger partial charge >= 0.3 is 0 Å². The Bertz CT molecular complexity index is 703. The summed E-state index contributed by atoms with van der Waals surface area (Å²) >= 11 is 1.25. The summed E-state index contributed by atoms with van der Waals surface area (Å²) in [5.41, 5.74) is 5.94. The number of amides is 1. The predicted octanol–water partition coefficient (Wildman–Crippen LogP) is 3.29. The fourth-order valence-electron chi connectivity index (χ4n) is 2.81. The molecule has 1 aromatic carbocycles. The molecule has 1 heterocycles. The van der Waals surface area contributed by atoms with Crippen molar-refractivity contribution in [3.63, 3.8) is 0 Å². The number of carbonyl (C=O) groups is 1. The summed E-state index contributed by atoms with van der Waals surface area (Å²) < 4.78 is 13.7. The van der Waals surface area contributed by atoms with Crippen LogP contribution in [0.1, 0.15) is 42.7 Å². The minimum atomic E-state index is -0.810. The fourth-order valence-corrected chi connectivity index (χ4v) is 3.57. The standard InChI is InChI=1S/C16H19FN4OS.ClH/c17-12-7-3-2-6-11(12)10-13-20-21-15(23-13)19-14(22)16(18)8-4-1-5-9-16;/h2-3,6-7H,1,4-5,8-10,18H2,(H,19,21,22);1H. The molecule has 0 radical (unpaired) electrons. The molecule has 0 saturated heterocycles. The average Bonchev–Trinajstić information content (AvgIpc) is 2.97. The van der Waals surface area contributed by atoms with E-state index in [1.54, 1.807) is 18.2 Å². The third-order valence-electron chi connectivity index (χ3n) is 4.18. The molecule has 0 aliphatic heterocycles. The van der Waals surface area contributed by atoms with Gasteiger partial charge in [-0.05, 0) is 24.5 Å². The maximum Gasteiger partial charge on any atom is 0.246 e. The van der Waals surface area contributed by atoms with Crippen LogP contribution in [0.25, 0.3) is 0 Å². The largest absolute Gasteiger partial charge is 0.317 e. The van der Waals surface area contributed by atoms with Crippen LogP contribution in [-0.2, 0) is 11.2 Å². The summed E-state index contributed by atoms with van der Waals surface area (Å²) in [5.74, 6) is -0.470. The summed E-state index contributed by atoms with van der Waals surface area (Å²) in [6.45, 7) is 0. The Balaban J connectivity index is 0.00000208. The summed E-state index contributed by atoms with van der Waals surface area (Å²) in [4.78, 5) is 12.4. The summed E-state index contributed by atoms with van der Waals surface area (Å²) in [5, 5.41) is 11.8. The summed E-state index contributed by atoms with van der Waals surface area (Å²) in [6.07, 6.45) is 4.81. The summed E-state index contributed by atoms with van der Waals surface area (Å²) in [7, 11) is 0. The van der Waals surface area contributed by atoms with Gasteiger partial charge in [0.25, 0.3) is 0 Å². The van der Waals surface area contributed by atoms with Crippen LogP contribution in [0.15, 0.2) is 24.3 Å². The Morgan fingerprint density at radius 1 is 1.25 bits per heavy atom. The highest BCUT2D eigenvalue weighted by atomic mass is 35.5. The van der Waals surface area contributed by atoms with Gasteiger partial charge in [0.05, 0.1) is 5.54 Å². The molecule has 1 aromatic heterocycles. The number of hydrogen-bond donors (Lipinski definition) is 2. The van der Waals surface area contributed by atoms with Crippen LogP contribution < -0.4 is 11.1 Å². The van der Waals surface area contributed by atoms with E-state index in [0.717, 1.165) is 19.3 Å². The van der Waals surface area contributed by atoms with Gasteiger partial charge in [0.15, 0.2) is 0 Å². The van der Waals surface area contributed by atoms with Gasteiger partial charge < -0.3 is 5.73 Å². The molecule has 0 unspecified atom stereocenters. The molecule has 3 N–H and O–H groups in total. The second-order valence-electron chi connectivity index (χ2n) is 5.94. The SMILES string of the molecule is Cl.NC1(C(=O)Nc2nnc(Cc3ccccc3F)s2)CCCCC1. The third kappa shape index (κ3) is 4.28. The van der Waals surface area contributed by atoms with Crippen LogP contribution in [0, 0.1) is 5.82 Å². The predicted molar refractivity (Wildman–Crippen MR) is 95.0 cm³/mol. The molecule has 0 spiro atoms. The van der Waals surface area contributed by atoms with Crippen LogP contribution in [0.4, 0.5) is 9.52 Å². The first-order valence-electron chi connectivity index (χ1n) is 7.73. The van der Waals surface area contributed by atoms with Crippen molar-refractivity contribution in [1.29, 1.82) is 0 Å². The smallest absolute Gasteiger partial charge is 0.246 e. The second kappa shape index (κ2) is 8.00. The molecule has 130 valence electrons. The number of anilines is 1. The highest BCUT2D eigenvalue weighted by molar-refractivity contribution is 7.15. The second-order valence-corrected chi connectivity index (χ2v) is 7.00. The molecule has 8 heteroatoms. The molecule has 1 aliphatic rings. The molecule has 0 atom stereocenters. The van der Waals surface area contributed by atoms with Crippen molar-refractivity contribution in [3.05, 3.63) is 40.7 Å². The minimum Gasteiger partial charge on any atom is -0.317 e. The zero-order chi connectivity index (χ0) is 16.3. The number of nitrogens with zero attached hydrogens (tertiary/aromatic N) is 2. The van der Waals surface area contributed by atoms with Crippen LogP contribution in [0.3, 0.4) is 0 Å². The van der Waals surface area contributed by atoms with E-state index in [0.29, 0.717) is 35.0 Å². The Morgan fingerprint density at radius 3 is 2.67 bits per heavy atom. The zero-order valence-corrected chi connectivity index (χ0v) is 14.8. The number of nitrogens with one attached hydrogen (secondary N) is 1. The van der Waals surface area contributed by atoms with Gasteiger partial charge in [-0.2, -0.15) is 0 Å². The lowest BCUT2D eigenvalue weighted by Gasteiger charge is -2.31. The number of halogens is 2. The monoisotopic (exact) mass is 370 g/mol. The average molecular weight is 371 g/mol. The van der Waals surface area contributed by atoms with E-state index >= 15 is 0 Å². The Hall–Kier alpha value is -1.57. The number of carbonyl (C=O) groups excluding carboxylic acids is 1. The minimum absolute atomic E-state index is 0. The maximum atomic E-state index is 13.7. The number of nitrogens with two attached hydrogens (primary N) is 1. The number of benzene rings is 1. The van der Waals surface area contributed by atoms with Gasteiger partial charge in [0.1, 0.15) is 10.8 Å². The van der Waals surface area contributed by atoms with E-state index < -0.39 is 5.54 Å². The van der Waals surface area contributed by atoms with Gasteiger partial charge in [-0.1, -0.05) is 48.8 Å². The van der Waals surface area contributed by atoms with E-state index in [1.165, 1.54) is 17.4 Å². The number of aromatic nitrogens is 2. The molecule has 1 aliphatic carbocycles. The van der Waals surface area contributed by atoms with Crippen LogP contribution in [-0.4, -0.2) is 21.6 Å². The fraction of sp³-hybridized carbons (Fsp3) is 0.438. The number of rotatable bonds is 4. The first-order chi connectivity index (χ1) is 11.1. The van der Waals surface area contributed by atoms with Crippen molar-refractivity contribution < 1.29 is 9.18 Å². The first-order valence-corrected chi connectivity index (χ1v) is 8.55. The van der Waals surface area contributed by atoms with Gasteiger partial charge in [-0.25, -0.2) is 4.39 Å². The van der Waals surface area contributed by atoms with Crippen molar-refractivity contribution in [2.45, 2.75) is 44.1 Å². The van der Waals surface area contributed by atoms with Crippen LogP contribution in [0.2, 0.25) is 0 Å². The van der Waals surface area contributed by atoms with Crippen molar-refractivity contribution in [3.8, 4) is 0 Å². The molecule has 5 nitrogen and oxygen atoms in total. The van der Waals surface area contributed by atoms with E-state index in [-0.39, 0.29) is 24.1 Å². The van der Waals surface area contributed by atoms with E-state index in [2.05, 4.69) is 15.5 Å². The zero-order valence-electron chi connectivity index (χ0n) is 13.1. The third-order valence-corrected chi connectivity index (χ3v) is 5.02. The molecular formula is C16H20ClFN4OS. The van der Waals surface area contributed by atoms with Gasteiger partial charge in [0.2, 0.25) is 11.0 Å². The van der Waals surface area contributed by atoms with E-state index in [4.69, 9.17) is 5.73 Å². The quantitative estimate of drug-likeness (QED) is 0.865. The normalized spacial score (nSPS) is 16.2. The van der Waals surface area contributed by atoms with Gasteiger partial charge in [-0.3, -0.25) is 10.1 Å². The van der Waals surface area contributed by atoms with Crippen molar-refractivity contribution in [1.82, 2.24) is 10.2 Å². The Labute approximate surface area is 150 Å². The van der Waals surface area contributed by atoms with Gasteiger partial charge in [0, 0.05) is 6.42 Å². The van der Waals surface area contributed by atoms with Gasteiger partial charge in [-0.15, -0.1) is 22.6 Å². The molecule has 24 heavy (non-hydrogen) atoms. The molecule has 1 fully saturated rings. The molecule has 2 aromatic rings. The van der Waals surface area contributed by atoms with Crippen molar-refractivity contribution >= 4 is 34.8 Å². The Kier molecular flexibility index (Phi) is 6.26. The molecule has 1 saturated carbocycles. The highest BCUT2D eigenvalue weighted by Gasteiger charge is 2.35. The van der Waals surface area contributed by atoms with E-state index in [1.807, 2.05) is 0 Å². The van der Waals surface area contributed by atoms with Crippen LogP contribution >= 0.6 is 23.7 Å². The van der Waals surface area contributed by atoms with Crippen molar-refractivity contribution in [2.75, 3.05) is 5.32 Å². The molecular weight excluding hydrogens is 351 g/mol. The lowest BCUT2D eigenvalue weighted by Crippen LogP contribution is -2.52. The first kappa shape index (κ1) is 18.8. The van der Waals surface area contributed by atoms with E-state index in [9.17, 15) is 9.18 Å². The number of hydrogen-bond acceptors (Lipinski definition) is 5. The highest BCUT2D eigenvalue weighted by Crippen LogP contribution is 2.28. The lowest BCUT2D eigenvalue weighted by atomic mass is 9.82.